The largest absolute Gasteiger partial charge is 0.352 e. The van der Waals surface area contributed by atoms with Crippen molar-refractivity contribution in [1.29, 1.82) is 0 Å². The molecule has 7 nitrogen and oxygen atoms in total. The number of sulfonamides is 1. The Balaban J connectivity index is 1.81. The number of fused-ring (bicyclic) bond motifs is 1. The Labute approximate surface area is 146 Å². The normalized spacial score (nSPS) is 11.6. The van der Waals surface area contributed by atoms with Gasteiger partial charge in [0.2, 0.25) is 16.0 Å². The zero-order chi connectivity index (χ0) is 17.3. The Morgan fingerprint density at radius 3 is 2.54 bits per heavy atom. The number of nitrogens with one attached hydrogen (secondary N) is 2. The number of benzene rings is 2. The first-order valence-electron chi connectivity index (χ1n) is 6.88. The number of rotatable bonds is 4. The van der Waals surface area contributed by atoms with Crippen LogP contribution >= 0.6 is 15.9 Å². The highest BCUT2D eigenvalue weighted by molar-refractivity contribution is 9.10. The number of primary sulfonamides is 1. The summed E-state index contributed by atoms with van der Waals surface area (Å²) in [6.07, 6.45) is 0. The molecule has 1 heterocycles. The second kappa shape index (κ2) is 6.34. The molecular weight excluding hydrogens is 396 g/mol. The summed E-state index contributed by atoms with van der Waals surface area (Å²) in [5, 5.41) is 8.56. The molecule has 9 heteroatoms. The second-order valence-corrected chi connectivity index (χ2v) is 7.60. The molecule has 0 unspecified atom stereocenters. The fourth-order valence-electron chi connectivity index (χ4n) is 2.18. The third-order valence-corrected chi connectivity index (χ3v) is 4.80. The molecule has 1 aromatic heterocycles. The van der Waals surface area contributed by atoms with Crippen molar-refractivity contribution in [3.05, 3.63) is 62.9 Å². The summed E-state index contributed by atoms with van der Waals surface area (Å²) in [5.74, 6) is 0.338. The van der Waals surface area contributed by atoms with Crippen LogP contribution in [0.4, 0.5) is 5.95 Å². The van der Waals surface area contributed by atoms with E-state index < -0.39 is 10.0 Å². The molecule has 0 saturated carbocycles. The summed E-state index contributed by atoms with van der Waals surface area (Å²) in [6, 6.07) is 11.4. The van der Waals surface area contributed by atoms with E-state index >= 15 is 0 Å². The molecule has 2 aromatic carbocycles. The Hall–Kier alpha value is -2.23. The van der Waals surface area contributed by atoms with Crippen molar-refractivity contribution in [3.8, 4) is 0 Å². The minimum atomic E-state index is -3.70. The quantitative estimate of drug-likeness (QED) is 0.609. The van der Waals surface area contributed by atoms with Gasteiger partial charge in [-0.15, -0.1) is 0 Å². The molecule has 24 heavy (non-hydrogen) atoms. The van der Waals surface area contributed by atoms with Gasteiger partial charge in [-0.25, -0.2) is 18.5 Å². The average molecular weight is 409 g/mol. The zero-order valence-electron chi connectivity index (χ0n) is 12.3. The Morgan fingerprint density at radius 1 is 1.17 bits per heavy atom. The molecule has 0 bridgehead atoms. The fraction of sp³-hybridized carbons (Fsp3) is 0.0667. The van der Waals surface area contributed by atoms with Crippen LogP contribution in [0.2, 0.25) is 0 Å². The first kappa shape index (κ1) is 16.6. The Kier molecular flexibility index (Phi) is 4.39. The number of H-pyrrole nitrogens is 1. The van der Waals surface area contributed by atoms with E-state index in [1.54, 1.807) is 24.3 Å². The Bertz CT molecular complexity index is 1060. The molecule has 0 aliphatic rings. The maximum absolute atomic E-state index is 12.1. The smallest absolute Gasteiger partial charge is 0.260 e. The van der Waals surface area contributed by atoms with Gasteiger partial charge in [-0.2, -0.15) is 0 Å². The van der Waals surface area contributed by atoms with Crippen LogP contribution in [0.25, 0.3) is 10.9 Å². The summed E-state index contributed by atoms with van der Waals surface area (Å²) in [5.41, 5.74) is 1.16. The van der Waals surface area contributed by atoms with Crippen LogP contribution in [0, 0.1) is 0 Å². The number of hydrogen-bond acceptors (Lipinski definition) is 5. The van der Waals surface area contributed by atoms with Crippen molar-refractivity contribution >= 4 is 42.8 Å². The molecular formula is C15H13BrN4O3S. The number of aromatic amines is 1. The SMILES string of the molecule is NS(=O)(=O)c1ccc(CNc2nc3ccc(Br)cc3c(=O)[nH]2)cc1. The van der Waals surface area contributed by atoms with Crippen LogP contribution in [0.15, 0.2) is 56.6 Å². The Morgan fingerprint density at radius 2 is 1.88 bits per heavy atom. The molecule has 124 valence electrons. The third-order valence-electron chi connectivity index (χ3n) is 3.38. The molecule has 0 amide bonds. The summed E-state index contributed by atoms with van der Waals surface area (Å²) in [6.45, 7) is 0.371. The molecule has 0 saturated heterocycles. The lowest BCUT2D eigenvalue weighted by Gasteiger charge is -2.07. The summed E-state index contributed by atoms with van der Waals surface area (Å²) < 4.78 is 23.2. The lowest BCUT2D eigenvalue weighted by Crippen LogP contribution is -2.14. The van der Waals surface area contributed by atoms with Gasteiger partial charge in [0.15, 0.2) is 0 Å². The van der Waals surface area contributed by atoms with E-state index in [1.807, 2.05) is 6.07 Å². The third kappa shape index (κ3) is 3.64. The van der Waals surface area contributed by atoms with Crippen LogP contribution in [0.3, 0.4) is 0 Å². The van der Waals surface area contributed by atoms with E-state index in [0.717, 1.165) is 10.0 Å². The van der Waals surface area contributed by atoms with Gasteiger partial charge in [-0.05, 0) is 35.9 Å². The molecule has 3 rings (SSSR count). The summed E-state index contributed by atoms with van der Waals surface area (Å²) in [7, 11) is -3.70. The number of aromatic nitrogens is 2. The second-order valence-electron chi connectivity index (χ2n) is 5.12. The standard InChI is InChI=1S/C15H13BrN4O3S/c16-10-3-6-13-12(7-10)14(21)20-15(19-13)18-8-9-1-4-11(5-2-9)24(17,22)23/h1-7H,8H2,(H2,17,22,23)(H2,18,19,20,21). The highest BCUT2D eigenvalue weighted by atomic mass is 79.9. The number of anilines is 1. The number of halogens is 1. The van der Waals surface area contributed by atoms with Gasteiger partial charge in [-0.1, -0.05) is 28.1 Å². The highest BCUT2D eigenvalue weighted by Gasteiger charge is 2.07. The molecule has 0 atom stereocenters. The minimum Gasteiger partial charge on any atom is -0.352 e. The van der Waals surface area contributed by atoms with E-state index in [1.165, 1.54) is 12.1 Å². The predicted molar refractivity (Wildman–Crippen MR) is 95.2 cm³/mol. The molecule has 4 N–H and O–H groups in total. The van der Waals surface area contributed by atoms with Crippen LogP contribution in [-0.2, 0) is 16.6 Å². The van der Waals surface area contributed by atoms with Gasteiger partial charge in [0.05, 0.1) is 15.8 Å². The van der Waals surface area contributed by atoms with Crippen molar-refractivity contribution in [2.24, 2.45) is 5.14 Å². The predicted octanol–water partition coefficient (Wildman–Crippen LogP) is 1.95. The highest BCUT2D eigenvalue weighted by Crippen LogP contribution is 2.16. The van der Waals surface area contributed by atoms with E-state index in [0.29, 0.717) is 23.4 Å². The summed E-state index contributed by atoms with van der Waals surface area (Å²) >= 11 is 3.32. The van der Waals surface area contributed by atoms with Gasteiger partial charge in [0.1, 0.15) is 0 Å². The van der Waals surface area contributed by atoms with Crippen LogP contribution in [0.5, 0.6) is 0 Å². The lowest BCUT2D eigenvalue weighted by molar-refractivity contribution is 0.598. The van der Waals surface area contributed by atoms with Gasteiger partial charge < -0.3 is 5.32 Å². The van der Waals surface area contributed by atoms with Gasteiger partial charge in [0.25, 0.3) is 5.56 Å². The van der Waals surface area contributed by atoms with Crippen molar-refractivity contribution in [1.82, 2.24) is 9.97 Å². The molecule has 3 aromatic rings. The van der Waals surface area contributed by atoms with Crippen molar-refractivity contribution in [2.45, 2.75) is 11.4 Å². The molecule has 0 aliphatic carbocycles. The number of hydrogen-bond donors (Lipinski definition) is 3. The first-order chi connectivity index (χ1) is 11.3. The molecule has 0 fully saturated rings. The maximum Gasteiger partial charge on any atom is 0.260 e. The lowest BCUT2D eigenvalue weighted by atomic mass is 10.2. The number of nitrogens with two attached hydrogens (primary N) is 1. The van der Waals surface area contributed by atoms with E-state index in [2.05, 4.69) is 31.2 Å². The van der Waals surface area contributed by atoms with Gasteiger partial charge >= 0.3 is 0 Å². The summed E-state index contributed by atoms with van der Waals surface area (Å²) in [4.78, 5) is 19.1. The fourth-order valence-corrected chi connectivity index (χ4v) is 3.05. The van der Waals surface area contributed by atoms with Crippen LogP contribution < -0.4 is 16.0 Å². The zero-order valence-corrected chi connectivity index (χ0v) is 14.7. The van der Waals surface area contributed by atoms with Crippen molar-refractivity contribution in [2.75, 3.05) is 5.32 Å². The maximum atomic E-state index is 12.1. The molecule has 0 radical (unpaired) electrons. The number of nitrogens with zero attached hydrogens (tertiary/aromatic N) is 1. The van der Waals surface area contributed by atoms with Crippen LogP contribution in [-0.4, -0.2) is 18.4 Å². The average Bonchev–Trinajstić information content (AvgIpc) is 2.53. The molecule has 0 spiro atoms. The van der Waals surface area contributed by atoms with Crippen LogP contribution in [0.1, 0.15) is 5.56 Å². The topological polar surface area (TPSA) is 118 Å². The minimum absolute atomic E-state index is 0.0501. The van der Waals surface area contributed by atoms with E-state index in [4.69, 9.17) is 5.14 Å². The van der Waals surface area contributed by atoms with Crippen molar-refractivity contribution in [3.63, 3.8) is 0 Å². The molecule has 0 aliphatic heterocycles. The van der Waals surface area contributed by atoms with Crippen molar-refractivity contribution < 1.29 is 8.42 Å². The van der Waals surface area contributed by atoms with Gasteiger partial charge in [-0.3, -0.25) is 9.78 Å². The van der Waals surface area contributed by atoms with Gasteiger partial charge in [0, 0.05) is 11.0 Å². The van der Waals surface area contributed by atoms with E-state index in [9.17, 15) is 13.2 Å². The first-order valence-corrected chi connectivity index (χ1v) is 9.22. The monoisotopic (exact) mass is 408 g/mol. The van der Waals surface area contributed by atoms with E-state index in [-0.39, 0.29) is 10.5 Å².